The number of hydrogen-bond acceptors (Lipinski definition) is 2. The number of ether oxygens (including phenoxy) is 1. The van der Waals surface area contributed by atoms with Crippen molar-refractivity contribution < 1.29 is 9.53 Å². The first-order valence-corrected chi connectivity index (χ1v) is 7.23. The van der Waals surface area contributed by atoms with Crippen LogP contribution in [0, 0.1) is 5.92 Å². The molecule has 0 saturated carbocycles. The molecule has 104 valence electrons. The molecule has 0 radical (unpaired) electrons. The number of carbonyl (C=O) groups excluding carboxylic acids is 1. The molecule has 1 amide bonds. The number of rotatable bonds is 5. The van der Waals surface area contributed by atoms with E-state index in [2.05, 4.69) is 5.32 Å². The molecule has 19 heavy (non-hydrogen) atoms. The molecule has 1 aliphatic rings. The molecule has 0 aliphatic carbocycles. The fraction of sp³-hybridized carbons (Fsp3) is 0.500. The lowest BCUT2D eigenvalue weighted by molar-refractivity contribution is 0.0952. The first kappa shape index (κ1) is 14.6. The average Bonchev–Trinajstić information content (AvgIpc) is 2.86. The zero-order valence-electron chi connectivity index (χ0n) is 10.6. The number of nitrogens with one attached hydrogen (secondary N) is 1. The molecule has 1 unspecified atom stereocenters. The summed E-state index contributed by atoms with van der Waals surface area (Å²) in [5, 5.41) is 3.83. The molecule has 1 saturated heterocycles. The summed E-state index contributed by atoms with van der Waals surface area (Å²) in [5.74, 6) is 0.518. The van der Waals surface area contributed by atoms with Gasteiger partial charge in [0.05, 0.1) is 0 Å². The van der Waals surface area contributed by atoms with E-state index in [9.17, 15) is 4.79 Å². The summed E-state index contributed by atoms with van der Waals surface area (Å²) in [5.41, 5.74) is 0.502. The van der Waals surface area contributed by atoms with E-state index in [1.54, 1.807) is 18.2 Å². The van der Waals surface area contributed by atoms with Crippen LogP contribution in [0.4, 0.5) is 0 Å². The molecule has 0 spiro atoms. The van der Waals surface area contributed by atoms with E-state index in [0.717, 1.165) is 32.5 Å². The third-order valence-corrected chi connectivity index (χ3v) is 3.66. The van der Waals surface area contributed by atoms with Gasteiger partial charge in [0, 0.05) is 35.4 Å². The lowest BCUT2D eigenvalue weighted by Crippen LogP contribution is -2.24. The molecule has 0 aromatic heterocycles. The fourth-order valence-corrected chi connectivity index (χ4v) is 2.72. The Hall–Kier alpha value is -0.770. The Bertz CT molecular complexity index is 425. The van der Waals surface area contributed by atoms with Crippen LogP contribution >= 0.6 is 23.2 Å². The molecule has 1 N–H and O–H groups in total. The highest BCUT2D eigenvalue weighted by Crippen LogP contribution is 2.19. The van der Waals surface area contributed by atoms with Crippen LogP contribution in [0.3, 0.4) is 0 Å². The molecule has 0 bridgehead atoms. The van der Waals surface area contributed by atoms with Crippen molar-refractivity contribution >= 4 is 29.1 Å². The summed E-state index contributed by atoms with van der Waals surface area (Å²) in [6, 6.07) is 4.85. The predicted molar refractivity (Wildman–Crippen MR) is 77.0 cm³/mol. The summed E-state index contributed by atoms with van der Waals surface area (Å²) in [6.07, 6.45) is 3.20. The second kappa shape index (κ2) is 7.13. The maximum atomic E-state index is 11.9. The van der Waals surface area contributed by atoms with E-state index in [-0.39, 0.29) is 5.91 Å². The maximum Gasteiger partial charge on any atom is 0.251 e. The third kappa shape index (κ3) is 4.68. The quantitative estimate of drug-likeness (QED) is 0.845. The van der Waals surface area contributed by atoms with Gasteiger partial charge in [-0.2, -0.15) is 0 Å². The van der Waals surface area contributed by atoms with Crippen LogP contribution in [0.2, 0.25) is 10.0 Å². The van der Waals surface area contributed by atoms with Crippen molar-refractivity contribution in [3.8, 4) is 0 Å². The highest BCUT2D eigenvalue weighted by Gasteiger charge is 2.15. The van der Waals surface area contributed by atoms with Crippen LogP contribution in [-0.4, -0.2) is 25.7 Å². The highest BCUT2D eigenvalue weighted by atomic mass is 35.5. The van der Waals surface area contributed by atoms with Gasteiger partial charge in [-0.3, -0.25) is 4.79 Å². The third-order valence-electron chi connectivity index (χ3n) is 3.22. The first-order chi connectivity index (χ1) is 9.15. The molecule has 1 heterocycles. The normalized spacial score (nSPS) is 18.5. The second-order valence-electron chi connectivity index (χ2n) is 4.79. The van der Waals surface area contributed by atoms with Crippen molar-refractivity contribution in [2.45, 2.75) is 19.3 Å². The smallest absolute Gasteiger partial charge is 0.251 e. The van der Waals surface area contributed by atoms with Gasteiger partial charge in [-0.05, 0) is 43.4 Å². The molecule has 2 rings (SSSR count). The highest BCUT2D eigenvalue weighted by molar-refractivity contribution is 6.35. The Balaban J connectivity index is 1.74. The van der Waals surface area contributed by atoms with Gasteiger partial charge in [-0.1, -0.05) is 23.2 Å². The van der Waals surface area contributed by atoms with Gasteiger partial charge in [-0.25, -0.2) is 0 Å². The van der Waals surface area contributed by atoms with Crippen LogP contribution in [0.1, 0.15) is 29.6 Å². The molecule has 1 aromatic rings. The number of halogens is 2. The van der Waals surface area contributed by atoms with Crippen LogP contribution in [0.15, 0.2) is 18.2 Å². The Morgan fingerprint density at radius 2 is 2.05 bits per heavy atom. The van der Waals surface area contributed by atoms with Crippen molar-refractivity contribution in [2.24, 2.45) is 5.92 Å². The topological polar surface area (TPSA) is 38.3 Å². The van der Waals surface area contributed by atoms with Gasteiger partial charge in [0.2, 0.25) is 0 Å². The lowest BCUT2D eigenvalue weighted by atomic mass is 10.0. The van der Waals surface area contributed by atoms with Gasteiger partial charge < -0.3 is 10.1 Å². The maximum absolute atomic E-state index is 11.9. The molecule has 1 aliphatic heterocycles. The Labute approximate surface area is 123 Å². The van der Waals surface area contributed by atoms with E-state index in [1.165, 1.54) is 0 Å². The molecule has 1 atom stereocenters. The minimum atomic E-state index is -0.132. The van der Waals surface area contributed by atoms with E-state index in [0.29, 0.717) is 28.1 Å². The largest absolute Gasteiger partial charge is 0.381 e. The predicted octanol–water partition coefficient (Wildman–Crippen LogP) is 3.54. The summed E-state index contributed by atoms with van der Waals surface area (Å²) in [4.78, 5) is 11.9. The van der Waals surface area contributed by atoms with E-state index in [1.807, 2.05) is 0 Å². The summed E-state index contributed by atoms with van der Waals surface area (Å²) in [7, 11) is 0. The van der Waals surface area contributed by atoms with Crippen molar-refractivity contribution in [2.75, 3.05) is 19.8 Å². The summed E-state index contributed by atoms with van der Waals surface area (Å²) < 4.78 is 5.31. The van der Waals surface area contributed by atoms with Gasteiger partial charge in [0.25, 0.3) is 5.91 Å². The monoisotopic (exact) mass is 301 g/mol. The fourth-order valence-electron chi connectivity index (χ4n) is 2.19. The van der Waals surface area contributed by atoms with Crippen molar-refractivity contribution in [1.29, 1.82) is 0 Å². The number of carbonyl (C=O) groups is 1. The number of amides is 1. The van der Waals surface area contributed by atoms with Gasteiger partial charge >= 0.3 is 0 Å². The first-order valence-electron chi connectivity index (χ1n) is 6.47. The van der Waals surface area contributed by atoms with Gasteiger partial charge in [0.15, 0.2) is 0 Å². The van der Waals surface area contributed by atoms with Crippen LogP contribution in [0.25, 0.3) is 0 Å². The number of benzene rings is 1. The Kier molecular flexibility index (Phi) is 5.49. The molecular formula is C14H17Cl2NO2. The van der Waals surface area contributed by atoms with Crippen molar-refractivity contribution in [1.82, 2.24) is 5.32 Å². The zero-order chi connectivity index (χ0) is 13.7. The Morgan fingerprint density at radius 3 is 2.68 bits per heavy atom. The molecule has 3 nitrogen and oxygen atoms in total. The number of hydrogen-bond donors (Lipinski definition) is 1. The van der Waals surface area contributed by atoms with E-state index in [4.69, 9.17) is 27.9 Å². The lowest BCUT2D eigenvalue weighted by Gasteiger charge is -2.08. The van der Waals surface area contributed by atoms with E-state index < -0.39 is 0 Å². The van der Waals surface area contributed by atoms with E-state index >= 15 is 0 Å². The average molecular weight is 302 g/mol. The van der Waals surface area contributed by atoms with Crippen LogP contribution < -0.4 is 5.32 Å². The molecule has 1 aromatic carbocycles. The minimum Gasteiger partial charge on any atom is -0.381 e. The minimum absolute atomic E-state index is 0.132. The molecule has 5 heteroatoms. The second-order valence-corrected chi connectivity index (χ2v) is 5.66. The summed E-state index contributed by atoms with van der Waals surface area (Å²) >= 11 is 11.7. The zero-order valence-corrected chi connectivity index (χ0v) is 12.1. The molecular weight excluding hydrogens is 285 g/mol. The molecule has 1 fully saturated rings. The van der Waals surface area contributed by atoms with Crippen LogP contribution in [0.5, 0.6) is 0 Å². The Morgan fingerprint density at radius 1 is 1.32 bits per heavy atom. The SMILES string of the molecule is O=C(NCCCC1CCOC1)c1cc(Cl)cc(Cl)c1. The van der Waals surface area contributed by atoms with Crippen molar-refractivity contribution in [3.63, 3.8) is 0 Å². The van der Waals surface area contributed by atoms with Crippen LogP contribution in [-0.2, 0) is 4.74 Å². The van der Waals surface area contributed by atoms with Gasteiger partial charge in [0.1, 0.15) is 0 Å². The standard InChI is InChI=1S/C14H17Cl2NO2/c15-12-6-11(7-13(16)8-12)14(18)17-4-1-2-10-3-5-19-9-10/h6-8,10H,1-5,9H2,(H,17,18). The van der Waals surface area contributed by atoms with Crippen molar-refractivity contribution in [3.05, 3.63) is 33.8 Å². The van der Waals surface area contributed by atoms with Gasteiger partial charge in [-0.15, -0.1) is 0 Å². The summed E-state index contributed by atoms with van der Waals surface area (Å²) in [6.45, 7) is 2.40.